The molecule has 2 aliphatic rings. The van der Waals surface area contributed by atoms with Crippen molar-refractivity contribution in [2.24, 2.45) is 12.2 Å². The lowest BCUT2D eigenvalue weighted by atomic mass is 9.77. The monoisotopic (exact) mass is 1250 g/mol. The molecule has 2 aliphatic heterocycles. The van der Waals surface area contributed by atoms with E-state index in [1.165, 1.54) is 54.0 Å². The van der Waals surface area contributed by atoms with Crippen LogP contribution in [0.5, 0.6) is 11.5 Å². The third kappa shape index (κ3) is 12.2. The molecule has 10 rings (SSSR count). The number of carbonyl (C=O) groups excluding carboxylic acids is 4. The van der Waals surface area contributed by atoms with Crippen molar-refractivity contribution in [2.75, 3.05) is 11.1 Å². The number of nitrogens with one attached hydrogen (secondary N) is 2. The minimum absolute atomic E-state index is 0. The molecular formula is C63H60IN7O9S2. The highest BCUT2D eigenvalue weighted by atomic mass is 127. The molecule has 0 radical (unpaired) electrons. The van der Waals surface area contributed by atoms with Crippen molar-refractivity contribution in [1.82, 2.24) is 19.8 Å². The third-order valence-electron chi connectivity index (χ3n) is 13.7. The average molecular weight is 1250 g/mol. The molecule has 2 atom stereocenters. The summed E-state index contributed by atoms with van der Waals surface area (Å²) in [7, 11) is 1.82. The lowest BCUT2D eigenvalue weighted by Crippen LogP contribution is -3.00. The number of thioether (sulfide) groups is 1. The zero-order chi connectivity index (χ0) is 57.1. The topological polar surface area (TPSA) is 198 Å². The molecule has 4 N–H and O–H groups in total. The normalized spacial score (nSPS) is 15.6. The quantitative estimate of drug-likeness (QED) is 0.0102. The number of imidazole rings is 1. The van der Waals surface area contributed by atoms with E-state index in [0.717, 1.165) is 16.7 Å². The molecule has 1 fully saturated rings. The van der Waals surface area contributed by atoms with Gasteiger partial charge in [0.1, 0.15) is 40.5 Å². The van der Waals surface area contributed by atoms with Gasteiger partial charge in [0, 0.05) is 23.3 Å². The number of aryl methyl sites for hydroxylation is 1. The van der Waals surface area contributed by atoms with Crippen LogP contribution in [-0.2, 0) is 52.6 Å². The number of aromatic hydroxyl groups is 2. The second-order valence-electron chi connectivity index (χ2n) is 21.0. The molecule has 0 aliphatic carbocycles. The molecule has 8 aromatic rings. The largest absolute Gasteiger partial charge is 1.00 e. The highest BCUT2D eigenvalue weighted by molar-refractivity contribution is 8.00. The van der Waals surface area contributed by atoms with E-state index in [1.807, 2.05) is 180 Å². The zero-order valence-corrected chi connectivity index (χ0v) is 49.5. The van der Waals surface area contributed by atoms with Crippen molar-refractivity contribution < 1.29 is 72.2 Å². The van der Waals surface area contributed by atoms with Gasteiger partial charge in [0.25, 0.3) is 11.8 Å². The number of phenols is 2. The van der Waals surface area contributed by atoms with E-state index in [9.17, 15) is 29.4 Å². The predicted molar refractivity (Wildman–Crippen MR) is 311 cm³/mol. The Morgan fingerprint density at radius 3 is 1.89 bits per heavy atom. The Labute approximate surface area is 500 Å². The number of rotatable bonds is 18. The van der Waals surface area contributed by atoms with Crippen LogP contribution in [0, 0.1) is 0 Å². The van der Waals surface area contributed by atoms with Gasteiger partial charge in [0.15, 0.2) is 39.5 Å². The first-order valence-electron chi connectivity index (χ1n) is 26.2. The molecule has 0 spiro atoms. The van der Waals surface area contributed by atoms with Gasteiger partial charge in [-0.25, -0.2) is 23.7 Å². The Morgan fingerprint density at radius 1 is 0.805 bits per heavy atom. The van der Waals surface area contributed by atoms with Crippen molar-refractivity contribution in [3.8, 4) is 11.5 Å². The van der Waals surface area contributed by atoms with Crippen molar-refractivity contribution in [1.29, 1.82) is 0 Å². The van der Waals surface area contributed by atoms with E-state index in [-0.39, 0.29) is 58.3 Å². The number of allylic oxidation sites excluding steroid dienone is 2. The molecule has 2 aromatic heterocycles. The van der Waals surface area contributed by atoms with E-state index in [1.54, 1.807) is 32.2 Å². The van der Waals surface area contributed by atoms with Crippen LogP contribution in [0.3, 0.4) is 0 Å². The van der Waals surface area contributed by atoms with Crippen LogP contribution in [0.15, 0.2) is 204 Å². The minimum atomic E-state index is -1.68. The number of oxime groups is 1. The Balaban J connectivity index is 0.00000810. The van der Waals surface area contributed by atoms with Gasteiger partial charge in [-0.1, -0.05) is 163 Å². The number of phenolic OH excluding ortho intramolecular Hbond substituents is 2. The summed E-state index contributed by atoms with van der Waals surface area (Å²) in [6.07, 6.45) is 4.59. The Kier molecular flexibility index (Phi) is 17.4. The zero-order valence-electron chi connectivity index (χ0n) is 45.7. The molecule has 16 nitrogen and oxygen atoms in total. The number of benzene rings is 6. The first kappa shape index (κ1) is 58.4. The number of nitrogens with zero attached hydrogens (tertiary/aromatic N) is 5. The van der Waals surface area contributed by atoms with Gasteiger partial charge in [0.05, 0.1) is 7.05 Å². The molecule has 82 heavy (non-hydrogen) atoms. The number of anilines is 1. The summed E-state index contributed by atoms with van der Waals surface area (Å²) in [5.74, 6) is -3.17. The molecular weight excluding hydrogens is 1190 g/mol. The van der Waals surface area contributed by atoms with Crippen LogP contribution in [0.4, 0.5) is 5.13 Å². The molecule has 1 saturated heterocycles. The number of halogens is 1. The molecule has 2 amide bonds. The van der Waals surface area contributed by atoms with Gasteiger partial charge >= 0.3 is 11.9 Å². The average Bonchev–Trinajstić information content (AvgIpc) is 3.37. The number of ether oxygens (including phenoxy) is 2. The van der Waals surface area contributed by atoms with E-state index >= 15 is 0 Å². The fourth-order valence-corrected chi connectivity index (χ4v) is 11.8. The lowest BCUT2D eigenvalue weighted by Gasteiger charge is -2.49. The Bertz CT molecular complexity index is 3580. The number of carbonyl (C=O) groups is 4. The maximum Gasteiger partial charge on any atom is 0.356 e. The van der Waals surface area contributed by atoms with Gasteiger partial charge in [-0.2, -0.15) is 0 Å². The molecule has 19 heteroatoms. The van der Waals surface area contributed by atoms with Gasteiger partial charge in [0.2, 0.25) is 11.9 Å². The summed E-state index contributed by atoms with van der Waals surface area (Å²) in [4.78, 5) is 70.5. The van der Waals surface area contributed by atoms with E-state index in [0.29, 0.717) is 39.4 Å². The SMILES string of the molecule is C[n+]1cn(C/C=C/C2=C(C(=O)OC(c3ccccc3)c3ccccc3)N3C(=O)C(NC(=O)/C(=N\OC(C)(C)C(=O)OC(C)(C)C)c4csc(NC(c5ccccc5)(c5ccccc5)c5ccccc5)n4)C3SC2)c2cc(O)c(O)cc21.[I-]. The van der Waals surface area contributed by atoms with Crippen LogP contribution in [0.1, 0.15) is 74.2 Å². The molecule has 0 bridgehead atoms. The first-order chi connectivity index (χ1) is 38.9. The van der Waals surface area contributed by atoms with Gasteiger partial charge < -0.3 is 59.1 Å². The number of aromatic nitrogens is 3. The fourth-order valence-electron chi connectivity index (χ4n) is 9.76. The van der Waals surface area contributed by atoms with Crippen molar-refractivity contribution in [3.05, 3.63) is 232 Å². The first-order valence-corrected chi connectivity index (χ1v) is 28.1. The predicted octanol–water partition coefficient (Wildman–Crippen LogP) is 6.83. The minimum Gasteiger partial charge on any atom is -1.00 e. The maximum atomic E-state index is 15.0. The smallest absolute Gasteiger partial charge is 0.356 e. The van der Waals surface area contributed by atoms with Gasteiger partial charge in [-0.05, 0) is 74.1 Å². The van der Waals surface area contributed by atoms with Gasteiger partial charge in [-0.3, -0.25) is 14.5 Å². The van der Waals surface area contributed by atoms with Crippen LogP contribution >= 0.6 is 23.1 Å². The summed E-state index contributed by atoms with van der Waals surface area (Å²) >= 11 is 2.58. The number of hydrogen-bond donors (Lipinski definition) is 4. The van der Waals surface area contributed by atoms with Crippen molar-refractivity contribution >= 4 is 68.7 Å². The summed E-state index contributed by atoms with van der Waals surface area (Å²) in [6, 6.07) is 50.3. The summed E-state index contributed by atoms with van der Waals surface area (Å²) < 4.78 is 15.8. The second kappa shape index (κ2) is 24.4. The number of fused-ring (bicyclic) bond motifs is 2. The summed E-state index contributed by atoms with van der Waals surface area (Å²) in [5.41, 5.74) is 2.29. The number of β-lactam (4-membered cyclic amide) rings is 1. The van der Waals surface area contributed by atoms with Crippen molar-refractivity contribution in [3.63, 3.8) is 0 Å². The lowest BCUT2D eigenvalue weighted by molar-refractivity contribution is -0.645. The molecule has 2 unspecified atom stereocenters. The number of hydrogen-bond acceptors (Lipinski definition) is 14. The van der Waals surface area contributed by atoms with Crippen LogP contribution in [0.25, 0.3) is 11.0 Å². The van der Waals surface area contributed by atoms with E-state index < -0.39 is 58.0 Å². The van der Waals surface area contributed by atoms with E-state index in [2.05, 4.69) is 15.8 Å². The summed E-state index contributed by atoms with van der Waals surface area (Å²) in [5, 5.41) is 32.8. The van der Waals surface area contributed by atoms with Crippen LogP contribution < -0.4 is 39.2 Å². The second-order valence-corrected chi connectivity index (χ2v) is 23.0. The van der Waals surface area contributed by atoms with E-state index in [4.69, 9.17) is 19.3 Å². The number of esters is 2. The maximum absolute atomic E-state index is 15.0. The molecule has 420 valence electrons. The number of thiazole rings is 1. The highest BCUT2D eigenvalue weighted by Crippen LogP contribution is 2.44. The van der Waals surface area contributed by atoms with Crippen LogP contribution in [-0.4, -0.2) is 82.5 Å². The van der Waals surface area contributed by atoms with Crippen LogP contribution in [0.2, 0.25) is 0 Å². The Hall–Kier alpha value is -8.27. The number of amides is 2. The van der Waals surface area contributed by atoms with Gasteiger partial charge in [-0.15, -0.1) is 23.1 Å². The fraction of sp³-hybridized carbons (Fsp3) is 0.222. The van der Waals surface area contributed by atoms with Crippen molar-refractivity contribution in [2.45, 2.75) is 75.4 Å². The molecule has 4 heterocycles. The summed E-state index contributed by atoms with van der Waals surface area (Å²) in [6.45, 7) is 8.43. The highest BCUT2D eigenvalue weighted by Gasteiger charge is 2.55. The standard InChI is InChI=1S/C63H59N7O9S2.HI/c1-61(2,3)78-59(76)62(4,5)79-67-51(46-38-81-60(64-46)66-63(43-28-16-9-17-29-43,44-30-18-10-19-31-44)45-32-20-11-21-33-45)55(73)65-52-56(74)70-53(58(75)77-54(40-23-12-7-13-24-40)41-25-14-8-15-26-41)42(37-80-57(52)70)27-22-34-69-39-68(6)47-35-49(71)50(72)36-48(47)69;/h7-33,35-36,38-39,52,54,57H,34,37H2,1-6H3,(H3-,64,65,66,67,71,72,73);1H/b27-22+;. The Morgan fingerprint density at radius 2 is 1.34 bits per heavy atom. The molecule has 0 saturated carbocycles. The third-order valence-corrected chi connectivity index (χ3v) is 15.8. The molecule has 6 aromatic carbocycles.